The van der Waals surface area contributed by atoms with Crippen molar-refractivity contribution in [3.63, 3.8) is 0 Å². The minimum absolute atomic E-state index is 0. The Morgan fingerprint density at radius 3 is 1.32 bits per heavy atom. The molecule has 0 unspecified atom stereocenters. The van der Waals surface area contributed by atoms with Crippen molar-refractivity contribution in [3.8, 4) is 0 Å². The number of rotatable bonds is 6. The molecular formula is C18H30Cl2O2Si2Zr. The summed E-state index contributed by atoms with van der Waals surface area (Å²) in [5.41, 5.74) is 0. The van der Waals surface area contributed by atoms with Gasteiger partial charge in [0.05, 0.1) is 0 Å². The first-order chi connectivity index (χ1) is 10.3. The normalized spacial score (nSPS) is 15.1. The molecule has 0 saturated heterocycles. The van der Waals surface area contributed by atoms with Crippen molar-refractivity contribution in [2.45, 2.75) is 51.1 Å². The first-order valence-corrected chi connectivity index (χ1v) is 14.5. The zero-order valence-corrected chi connectivity index (χ0v) is 21.7. The Balaban J connectivity index is -0.000000346. The van der Waals surface area contributed by atoms with Gasteiger partial charge in [-0.15, -0.1) is 12.8 Å². The SMILES string of the molecule is C[Si](C)(CCO)C1=[C-]CC=C1.C[Si](C)(CCO)C1=[C-]CC=C1.[Cl-].[Cl-].[Zr+4]. The summed E-state index contributed by atoms with van der Waals surface area (Å²) in [7, 11) is -2.60. The van der Waals surface area contributed by atoms with Gasteiger partial charge in [-0.25, -0.2) is 22.5 Å². The van der Waals surface area contributed by atoms with E-state index in [1.807, 2.05) is 0 Å². The maximum Gasteiger partial charge on any atom is 4.00 e. The zero-order chi connectivity index (χ0) is 16.6. The largest absolute Gasteiger partial charge is 4.00 e. The smallest absolute Gasteiger partial charge is 1.00 e. The Morgan fingerprint density at radius 1 is 0.800 bits per heavy atom. The van der Waals surface area contributed by atoms with Crippen LogP contribution in [0.2, 0.25) is 38.3 Å². The van der Waals surface area contributed by atoms with Gasteiger partial charge in [0.25, 0.3) is 0 Å². The van der Waals surface area contributed by atoms with Crippen LogP contribution >= 0.6 is 0 Å². The van der Waals surface area contributed by atoms with Crippen molar-refractivity contribution in [3.05, 3.63) is 46.8 Å². The molecule has 0 spiro atoms. The van der Waals surface area contributed by atoms with Crippen LogP contribution in [0.1, 0.15) is 12.8 Å². The molecule has 0 atom stereocenters. The van der Waals surface area contributed by atoms with Gasteiger partial charge in [0, 0.05) is 29.4 Å². The predicted octanol–water partition coefficient (Wildman–Crippen LogP) is -2.16. The third-order valence-corrected chi connectivity index (χ3v) is 10.9. The average Bonchev–Trinajstić information content (AvgIpc) is 3.14. The van der Waals surface area contributed by atoms with E-state index in [0.717, 1.165) is 24.9 Å². The monoisotopic (exact) mass is 494 g/mol. The summed E-state index contributed by atoms with van der Waals surface area (Å²) in [5, 5.41) is 20.4. The van der Waals surface area contributed by atoms with Gasteiger partial charge in [-0.2, -0.15) is 12.2 Å². The Hall–Kier alpha value is 0.777. The van der Waals surface area contributed by atoms with Crippen LogP contribution in [-0.2, 0) is 26.2 Å². The van der Waals surface area contributed by atoms with Crippen LogP contribution in [-0.4, -0.2) is 39.6 Å². The van der Waals surface area contributed by atoms with E-state index < -0.39 is 16.1 Å². The molecule has 0 aromatic heterocycles. The van der Waals surface area contributed by atoms with Crippen LogP contribution < -0.4 is 24.8 Å². The summed E-state index contributed by atoms with van der Waals surface area (Å²) in [6, 6.07) is 1.92. The van der Waals surface area contributed by atoms with Gasteiger partial charge in [0.2, 0.25) is 0 Å². The van der Waals surface area contributed by atoms with E-state index in [-0.39, 0.29) is 51.0 Å². The predicted molar refractivity (Wildman–Crippen MR) is 99.8 cm³/mol. The summed E-state index contributed by atoms with van der Waals surface area (Å²) in [6.07, 6.45) is 17.2. The van der Waals surface area contributed by atoms with E-state index >= 15 is 0 Å². The van der Waals surface area contributed by atoms with Crippen molar-refractivity contribution in [1.29, 1.82) is 0 Å². The van der Waals surface area contributed by atoms with Crippen molar-refractivity contribution in [2.75, 3.05) is 13.2 Å². The Bertz CT molecular complexity index is 443. The molecule has 0 fully saturated rings. The standard InChI is InChI=1S/2C9H15OSi.2ClH.Zr/c2*1-11(2,8-7-10)9-5-3-4-6-9;;;/h2*3,5,10H,4,7-8H2,1-2H3;2*1H;/q2*-1;;;+4/p-2. The second kappa shape index (κ2) is 14.8. The molecule has 2 aliphatic rings. The van der Waals surface area contributed by atoms with Crippen LogP contribution in [0, 0.1) is 12.2 Å². The van der Waals surface area contributed by atoms with Gasteiger partial charge in [-0.05, 0) is 12.1 Å². The number of aliphatic hydroxyl groups is 2. The molecule has 0 aromatic rings. The van der Waals surface area contributed by atoms with Gasteiger partial charge in [0.15, 0.2) is 0 Å². The van der Waals surface area contributed by atoms with Crippen molar-refractivity contribution < 1.29 is 61.2 Å². The first-order valence-electron chi connectivity index (χ1n) is 8.11. The van der Waals surface area contributed by atoms with E-state index in [9.17, 15) is 0 Å². The van der Waals surface area contributed by atoms with Crippen molar-refractivity contribution in [1.82, 2.24) is 0 Å². The number of halogens is 2. The maximum atomic E-state index is 8.83. The molecule has 0 aliphatic heterocycles. The molecule has 7 heteroatoms. The second-order valence-electron chi connectivity index (χ2n) is 7.11. The first kappa shape index (κ1) is 30.5. The van der Waals surface area contributed by atoms with Gasteiger partial charge < -0.3 is 35.0 Å². The topological polar surface area (TPSA) is 40.5 Å². The molecule has 0 bridgehead atoms. The van der Waals surface area contributed by atoms with Gasteiger partial charge in [-0.3, -0.25) is 12.2 Å². The van der Waals surface area contributed by atoms with Crippen LogP contribution in [0.25, 0.3) is 0 Å². The summed E-state index contributed by atoms with van der Waals surface area (Å²) in [6.45, 7) is 9.75. The third kappa shape index (κ3) is 10.6. The molecule has 0 radical (unpaired) electrons. The van der Waals surface area contributed by atoms with E-state index in [1.165, 1.54) is 10.4 Å². The Kier molecular flexibility index (Phi) is 18.0. The number of hydrogen-bond donors (Lipinski definition) is 2. The molecule has 0 amide bonds. The molecule has 25 heavy (non-hydrogen) atoms. The van der Waals surface area contributed by atoms with Gasteiger partial charge in [-0.1, -0.05) is 26.2 Å². The van der Waals surface area contributed by atoms with E-state index in [0.29, 0.717) is 13.2 Å². The summed E-state index contributed by atoms with van der Waals surface area (Å²) in [4.78, 5) is 0. The summed E-state index contributed by atoms with van der Waals surface area (Å²) >= 11 is 0. The van der Waals surface area contributed by atoms with Crippen LogP contribution in [0.5, 0.6) is 0 Å². The molecular weight excluding hydrogens is 466 g/mol. The molecule has 0 aromatic carbocycles. The Labute approximate surface area is 187 Å². The van der Waals surface area contributed by atoms with Crippen molar-refractivity contribution >= 4 is 16.1 Å². The van der Waals surface area contributed by atoms with Crippen LogP contribution in [0.4, 0.5) is 0 Å². The van der Waals surface area contributed by atoms with Gasteiger partial charge in [0.1, 0.15) is 0 Å². The molecule has 0 saturated carbocycles. The third-order valence-electron chi connectivity index (χ3n) is 4.32. The average molecular weight is 497 g/mol. The number of allylic oxidation sites excluding steroid dienone is 8. The minimum atomic E-state index is -1.30. The van der Waals surface area contributed by atoms with E-state index in [2.05, 4.69) is 62.6 Å². The molecule has 140 valence electrons. The van der Waals surface area contributed by atoms with Crippen LogP contribution in [0.15, 0.2) is 34.7 Å². The fourth-order valence-corrected chi connectivity index (χ4v) is 6.52. The number of aliphatic hydroxyl groups excluding tert-OH is 2. The molecule has 2 nitrogen and oxygen atoms in total. The zero-order valence-electron chi connectivity index (χ0n) is 15.7. The maximum absolute atomic E-state index is 8.83. The van der Waals surface area contributed by atoms with E-state index in [4.69, 9.17) is 10.2 Å². The second-order valence-corrected chi connectivity index (χ2v) is 16.7. The molecule has 2 N–H and O–H groups in total. The molecule has 2 rings (SSSR count). The van der Waals surface area contributed by atoms with E-state index in [1.54, 1.807) is 0 Å². The quantitative estimate of drug-likeness (QED) is 0.325. The molecule has 2 aliphatic carbocycles. The summed E-state index contributed by atoms with van der Waals surface area (Å²) < 4.78 is 0. The number of hydrogen-bond acceptors (Lipinski definition) is 2. The fraction of sp³-hybridized carbons (Fsp3) is 0.556. The Morgan fingerprint density at radius 2 is 1.12 bits per heavy atom. The van der Waals surface area contributed by atoms with Crippen LogP contribution in [0.3, 0.4) is 0 Å². The minimum Gasteiger partial charge on any atom is -1.00 e. The fourth-order valence-electron chi connectivity index (χ4n) is 2.57. The van der Waals surface area contributed by atoms with Crippen molar-refractivity contribution in [2.24, 2.45) is 0 Å². The summed E-state index contributed by atoms with van der Waals surface area (Å²) in [5.74, 6) is 0. The molecule has 0 heterocycles. The van der Waals surface area contributed by atoms with Gasteiger partial charge >= 0.3 is 26.2 Å².